The van der Waals surface area contributed by atoms with Crippen LogP contribution in [0.4, 0.5) is 0 Å². The summed E-state index contributed by atoms with van der Waals surface area (Å²) in [5.74, 6) is 0.474. The van der Waals surface area contributed by atoms with E-state index in [0.29, 0.717) is 5.56 Å². The minimum absolute atomic E-state index is 0.293. The standard InChI is InChI=1S/C24H19BrN4O2/c1-31-22-12-10-17(11-13-22)23-19(16-29(28-23)21-8-3-2-4-9-21)15-26-27-24(30)18-6-5-7-20(25)14-18/h2-16H,1H3,(H,27,30). The average molecular weight is 475 g/mol. The molecule has 1 N–H and O–H groups in total. The molecule has 0 unspecified atom stereocenters. The molecule has 0 spiro atoms. The molecule has 1 heterocycles. The Kier molecular flexibility index (Phi) is 6.24. The number of hydrogen-bond donors (Lipinski definition) is 1. The lowest BCUT2D eigenvalue weighted by Gasteiger charge is -2.03. The van der Waals surface area contributed by atoms with Crippen LogP contribution in [0, 0.1) is 0 Å². The van der Waals surface area contributed by atoms with Gasteiger partial charge in [0, 0.05) is 27.4 Å². The molecule has 1 amide bonds. The zero-order valence-corrected chi connectivity index (χ0v) is 18.3. The predicted octanol–water partition coefficient (Wildman–Crippen LogP) is 5.07. The third kappa shape index (κ3) is 4.90. The molecule has 3 aromatic carbocycles. The zero-order chi connectivity index (χ0) is 21.6. The monoisotopic (exact) mass is 474 g/mol. The number of nitrogens with one attached hydrogen (secondary N) is 1. The first kappa shape index (κ1) is 20.6. The van der Waals surface area contributed by atoms with E-state index in [2.05, 4.69) is 26.5 Å². The normalized spacial score (nSPS) is 10.9. The van der Waals surface area contributed by atoms with Crippen LogP contribution in [0.15, 0.2) is 94.6 Å². The van der Waals surface area contributed by atoms with Gasteiger partial charge in [0.2, 0.25) is 0 Å². The van der Waals surface area contributed by atoms with Crippen molar-refractivity contribution in [2.75, 3.05) is 7.11 Å². The fraction of sp³-hybridized carbons (Fsp3) is 0.0417. The molecule has 0 saturated heterocycles. The lowest BCUT2D eigenvalue weighted by molar-refractivity contribution is 0.0955. The summed E-state index contributed by atoms with van der Waals surface area (Å²) in [5.41, 5.74) is 6.44. The van der Waals surface area contributed by atoms with Crippen LogP contribution in [0.25, 0.3) is 16.9 Å². The first-order valence-corrected chi connectivity index (χ1v) is 10.3. The number of carbonyl (C=O) groups excluding carboxylic acids is 1. The fourth-order valence-electron chi connectivity index (χ4n) is 3.02. The second kappa shape index (κ2) is 9.40. The number of methoxy groups -OCH3 is 1. The van der Waals surface area contributed by atoms with Gasteiger partial charge in [-0.1, -0.05) is 40.2 Å². The first-order chi connectivity index (χ1) is 15.1. The highest BCUT2D eigenvalue weighted by molar-refractivity contribution is 9.10. The minimum Gasteiger partial charge on any atom is -0.497 e. The molecule has 0 bridgehead atoms. The van der Waals surface area contributed by atoms with Crippen molar-refractivity contribution in [2.24, 2.45) is 5.10 Å². The molecule has 4 rings (SSSR count). The molecule has 0 radical (unpaired) electrons. The summed E-state index contributed by atoms with van der Waals surface area (Å²) in [6.45, 7) is 0. The fourth-order valence-corrected chi connectivity index (χ4v) is 3.42. The zero-order valence-electron chi connectivity index (χ0n) is 16.7. The Labute approximate surface area is 188 Å². The number of benzene rings is 3. The van der Waals surface area contributed by atoms with Gasteiger partial charge in [-0.05, 0) is 54.6 Å². The summed E-state index contributed by atoms with van der Waals surface area (Å²) in [7, 11) is 1.63. The molecule has 0 aliphatic carbocycles. The summed E-state index contributed by atoms with van der Waals surface area (Å²) in [6, 6.07) is 24.6. The van der Waals surface area contributed by atoms with Gasteiger partial charge in [0.05, 0.1) is 19.0 Å². The Balaban J connectivity index is 1.63. The number of nitrogens with zero attached hydrogens (tertiary/aromatic N) is 3. The number of amides is 1. The van der Waals surface area contributed by atoms with Crippen LogP contribution in [-0.2, 0) is 0 Å². The van der Waals surface area contributed by atoms with Gasteiger partial charge in [0.15, 0.2) is 0 Å². The smallest absolute Gasteiger partial charge is 0.271 e. The molecule has 4 aromatic rings. The summed E-state index contributed by atoms with van der Waals surface area (Å²) in [5, 5.41) is 8.90. The van der Waals surface area contributed by atoms with Crippen LogP contribution in [0.1, 0.15) is 15.9 Å². The van der Waals surface area contributed by atoms with E-state index in [9.17, 15) is 4.79 Å². The van der Waals surface area contributed by atoms with Gasteiger partial charge in [-0.25, -0.2) is 10.1 Å². The largest absolute Gasteiger partial charge is 0.497 e. The average Bonchev–Trinajstić information content (AvgIpc) is 3.24. The SMILES string of the molecule is COc1ccc(-c2nn(-c3ccccc3)cc2C=NNC(=O)c2cccc(Br)c2)cc1. The van der Waals surface area contributed by atoms with E-state index < -0.39 is 0 Å². The topological polar surface area (TPSA) is 68.5 Å². The van der Waals surface area contributed by atoms with E-state index in [-0.39, 0.29) is 5.91 Å². The Morgan fingerprint density at radius 3 is 2.55 bits per heavy atom. The maximum absolute atomic E-state index is 12.4. The van der Waals surface area contributed by atoms with Crippen molar-refractivity contribution in [1.29, 1.82) is 0 Å². The maximum atomic E-state index is 12.4. The predicted molar refractivity (Wildman–Crippen MR) is 125 cm³/mol. The van der Waals surface area contributed by atoms with Crippen LogP contribution in [0.2, 0.25) is 0 Å². The van der Waals surface area contributed by atoms with E-state index in [1.54, 1.807) is 36.2 Å². The van der Waals surface area contributed by atoms with E-state index in [0.717, 1.165) is 32.7 Å². The van der Waals surface area contributed by atoms with E-state index >= 15 is 0 Å². The number of ether oxygens (including phenoxy) is 1. The molecular weight excluding hydrogens is 456 g/mol. The third-order valence-electron chi connectivity index (χ3n) is 4.58. The number of carbonyl (C=O) groups is 1. The molecular formula is C24H19BrN4O2. The van der Waals surface area contributed by atoms with Gasteiger partial charge in [0.25, 0.3) is 5.91 Å². The van der Waals surface area contributed by atoms with Crippen LogP contribution in [0.3, 0.4) is 0 Å². The van der Waals surface area contributed by atoms with Crippen LogP contribution < -0.4 is 10.2 Å². The van der Waals surface area contributed by atoms with Crippen LogP contribution >= 0.6 is 15.9 Å². The number of halogens is 1. The Morgan fingerprint density at radius 1 is 1.06 bits per heavy atom. The molecule has 154 valence electrons. The van der Waals surface area contributed by atoms with Crippen LogP contribution in [0.5, 0.6) is 5.75 Å². The van der Waals surface area contributed by atoms with Crippen molar-refractivity contribution in [1.82, 2.24) is 15.2 Å². The van der Waals surface area contributed by atoms with E-state index in [4.69, 9.17) is 9.84 Å². The minimum atomic E-state index is -0.293. The third-order valence-corrected chi connectivity index (χ3v) is 5.08. The van der Waals surface area contributed by atoms with Crippen LogP contribution in [-0.4, -0.2) is 29.0 Å². The van der Waals surface area contributed by atoms with Crippen molar-refractivity contribution in [3.8, 4) is 22.7 Å². The van der Waals surface area contributed by atoms with Crippen molar-refractivity contribution in [3.05, 3.63) is 101 Å². The lowest BCUT2D eigenvalue weighted by atomic mass is 10.1. The molecule has 0 aliphatic heterocycles. The Bertz CT molecular complexity index is 1220. The van der Waals surface area contributed by atoms with Gasteiger partial charge in [-0.2, -0.15) is 10.2 Å². The van der Waals surface area contributed by atoms with E-state index in [1.807, 2.05) is 66.9 Å². The van der Waals surface area contributed by atoms with E-state index in [1.165, 1.54) is 0 Å². The van der Waals surface area contributed by atoms with Gasteiger partial charge in [-0.15, -0.1) is 0 Å². The van der Waals surface area contributed by atoms with Gasteiger partial charge in [-0.3, -0.25) is 4.79 Å². The number of para-hydroxylation sites is 1. The highest BCUT2D eigenvalue weighted by Crippen LogP contribution is 2.25. The molecule has 7 heteroatoms. The second-order valence-corrected chi connectivity index (χ2v) is 7.57. The summed E-state index contributed by atoms with van der Waals surface area (Å²) >= 11 is 3.37. The molecule has 0 aliphatic rings. The molecule has 6 nitrogen and oxygen atoms in total. The van der Waals surface area contributed by atoms with Gasteiger partial charge >= 0.3 is 0 Å². The maximum Gasteiger partial charge on any atom is 0.271 e. The molecule has 1 aromatic heterocycles. The number of hydrogen-bond acceptors (Lipinski definition) is 4. The van der Waals surface area contributed by atoms with Crippen molar-refractivity contribution >= 4 is 28.1 Å². The van der Waals surface area contributed by atoms with Gasteiger partial charge < -0.3 is 4.74 Å². The number of aromatic nitrogens is 2. The van der Waals surface area contributed by atoms with Crippen molar-refractivity contribution in [2.45, 2.75) is 0 Å². The first-order valence-electron chi connectivity index (χ1n) is 9.52. The number of rotatable bonds is 6. The summed E-state index contributed by atoms with van der Waals surface area (Å²) in [4.78, 5) is 12.4. The van der Waals surface area contributed by atoms with Gasteiger partial charge in [0.1, 0.15) is 11.4 Å². The Morgan fingerprint density at radius 2 is 1.84 bits per heavy atom. The van der Waals surface area contributed by atoms with Crippen molar-refractivity contribution in [3.63, 3.8) is 0 Å². The number of hydrazone groups is 1. The molecule has 0 fully saturated rings. The molecule has 0 atom stereocenters. The lowest BCUT2D eigenvalue weighted by Crippen LogP contribution is -2.17. The van der Waals surface area contributed by atoms with Crippen molar-refractivity contribution < 1.29 is 9.53 Å². The highest BCUT2D eigenvalue weighted by Gasteiger charge is 2.12. The quantitative estimate of drug-likeness (QED) is 0.313. The highest BCUT2D eigenvalue weighted by atomic mass is 79.9. The molecule has 0 saturated carbocycles. The summed E-state index contributed by atoms with van der Waals surface area (Å²) in [6.07, 6.45) is 3.48. The second-order valence-electron chi connectivity index (χ2n) is 6.65. The molecule has 31 heavy (non-hydrogen) atoms. The summed E-state index contributed by atoms with van der Waals surface area (Å²) < 4.78 is 7.87. The Hall–Kier alpha value is -3.71.